The van der Waals surface area contributed by atoms with E-state index in [2.05, 4.69) is 5.32 Å². The first kappa shape index (κ1) is 11.3. The number of carbonyl (C=O) groups excluding carboxylic acids is 1. The average Bonchev–Trinajstić information content (AvgIpc) is 2.84. The van der Waals surface area contributed by atoms with Gasteiger partial charge in [-0.25, -0.2) is 4.79 Å². The molecule has 1 saturated carbocycles. The van der Waals surface area contributed by atoms with Crippen molar-refractivity contribution in [3.05, 3.63) is 0 Å². The Morgan fingerprint density at radius 3 is 2.57 bits per heavy atom. The molecule has 4 heteroatoms. The first-order valence-corrected chi connectivity index (χ1v) is 5.20. The molecule has 1 aliphatic carbocycles. The zero-order valence-electron chi connectivity index (χ0n) is 9.16. The van der Waals surface area contributed by atoms with Gasteiger partial charge in [0.05, 0.1) is 6.10 Å². The van der Waals surface area contributed by atoms with Crippen molar-refractivity contribution < 1.29 is 9.90 Å². The average molecular weight is 200 g/mol. The minimum absolute atomic E-state index is 0.111. The number of urea groups is 1. The van der Waals surface area contributed by atoms with Gasteiger partial charge in [0.15, 0.2) is 0 Å². The van der Waals surface area contributed by atoms with E-state index in [1.807, 2.05) is 13.8 Å². The third kappa shape index (κ3) is 3.54. The van der Waals surface area contributed by atoms with Crippen molar-refractivity contribution in [2.24, 2.45) is 5.92 Å². The maximum atomic E-state index is 11.4. The summed E-state index contributed by atoms with van der Waals surface area (Å²) < 4.78 is 0. The number of aliphatic hydroxyl groups excluding tert-OH is 1. The zero-order chi connectivity index (χ0) is 10.7. The van der Waals surface area contributed by atoms with Gasteiger partial charge in [-0.1, -0.05) is 0 Å². The summed E-state index contributed by atoms with van der Waals surface area (Å²) in [6.45, 7) is 4.27. The van der Waals surface area contributed by atoms with Gasteiger partial charge in [0, 0.05) is 19.6 Å². The van der Waals surface area contributed by atoms with E-state index >= 15 is 0 Å². The van der Waals surface area contributed by atoms with E-state index in [1.54, 1.807) is 11.9 Å². The maximum Gasteiger partial charge on any atom is 0.317 e. The number of carbonyl (C=O) groups is 1. The molecule has 2 amide bonds. The zero-order valence-corrected chi connectivity index (χ0v) is 9.16. The molecule has 0 heterocycles. The molecule has 0 aliphatic heterocycles. The van der Waals surface area contributed by atoms with Gasteiger partial charge in [-0.15, -0.1) is 0 Å². The van der Waals surface area contributed by atoms with Gasteiger partial charge in [0.2, 0.25) is 0 Å². The number of aliphatic hydroxyl groups is 1. The van der Waals surface area contributed by atoms with Crippen LogP contribution >= 0.6 is 0 Å². The molecule has 4 nitrogen and oxygen atoms in total. The molecule has 0 aromatic carbocycles. The second-order valence-corrected chi connectivity index (χ2v) is 4.39. The van der Waals surface area contributed by atoms with E-state index in [4.69, 9.17) is 0 Å². The lowest BCUT2D eigenvalue weighted by molar-refractivity contribution is 0.113. The van der Waals surface area contributed by atoms with E-state index in [9.17, 15) is 9.90 Å². The molecule has 1 rings (SSSR count). The fourth-order valence-electron chi connectivity index (χ4n) is 1.35. The molecule has 1 aliphatic rings. The molecule has 14 heavy (non-hydrogen) atoms. The predicted octanol–water partition coefficient (Wildman–Crippen LogP) is 0.807. The molecule has 0 saturated heterocycles. The number of amides is 2. The summed E-state index contributed by atoms with van der Waals surface area (Å²) in [5, 5.41) is 12.4. The van der Waals surface area contributed by atoms with Gasteiger partial charge in [-0.05, 0) is 32.6 Å². The third-order valence-electron chi connectivity index (χ3n) is 2.39. The van der Waals surface area contributed by atoms with E-state index in [0.717, 1.165) is 12.8 Å². The third-order valence-corrected chi connectivity index (χ3v) is 2.39. The lowest BCUT2D eigenvalue weighted by atomic mass is 10.2. The Morgan fingerprint density at radius 2 is 2.14 bits per heavy atom. The molecule has 2 N–H and O–H groups in total. The summed E-state index contributed by atoms with van der Waals surface area (Å²) in [5.74, 6) is 0.421. The van der Waals surface area contributed by atoms with Crippen LogP contribution in [0.25, 0.3) is 0 Å². The molecular weight excluding hydrogens is 180 g/mol. The van der Waals surface area contributed by atoms with E-state index in [-0.39, 0.29) is 18.2 Å². The topological polar surface area (TPSA) is 52.6 Å². The summed E-state index contributed by atoms with van der Waals surface area (Å²) in [6.07, 6.45) is 1.85. The number of nitrogens with one attached hydrogen (secondary N) is 1. The Kier molecular flexibility index (Phi) is 3.75. The molecule has 0 bridgehead atoms. The lowest BCUT2D eigenvalue weighted by Gasteiger charge is -2.22. The summed E-state index contributed by atoms with van der Waals surface area (Å²) in [7, 11) is 1.71. The molecule has 0 radical (unpaired) electrons. The van der Waals surface area contributed by atoms with Crippen molar-refractivity contribution in [2.75, 3.05) is 13.6 Å². The number of rotatable bonds is 4. The van der Waals surface area contributed by atoms with Gasteiger partial charge >= 0.3 is 6.03 Å². The van der Waals surface area contributed by atoms with Gasteiger partial charge in [0.25, 0.3) is 0 Å². The van der Waals surface area contributed by atoms with Crippen LogP contribution < -0.4 is 5.32 Å². The van der Waals surface area contributed by atoms with Crippen molar-refractivity contribution in [1.82, 2.24) is 10.2 Å². The van der Waals surface area contributed by atoms with Crippen molar-refractivity contribution in [2.45, 2.75) is 38.8 Å². The minimum Gasteiger partial charge on any atom is -0.391 e. The quantitative estimate of drug-likeness (QED) is 0.705. The summed E-state index contributed by atoms with van der Waals surface area (Å²) in [4.78, 5) is 13.0. The summed E-state index contributed by atoms with van der Waals surface area (Å²) in [5.41, 5.74) is 0. The van der Waals surface area contributed by atoms with Crippen LogP contribution in [0, 0.1) is 5.92 Å². The number of hydrogen-bond donors (Lipinski definition) is 2. The Hall–Kier alpha value is -0.770. The van der Waals surface area contributed by atoms with Crippen LogP contribution in [0.3, 0.4) is 0 Å². The Bertz CT molecular complexity index is 202. The van der Waals surface area contributed by atoms with Crippen molar-refractivity contribution in [1.29, 1.82) is 0 Å². The smallest absolute Gasteiger partial charge is 0.317 e. The highest BCUT2D eigenvalue weighted by Crippen LogP contribution is 2.32. The van der Waals surface area contributed by atoms with E-state index in [0.29, 0.717) is 12.5 Å². The number of likely N-dealkylation sites (N-methyl/N-ethyl adjacent to an activating group) is 1. The second kappa shape index (κ2) is 4.64. The van der Waals surface area contributed by atoms with Crippen molar-refractivity contribution in [3.8, 4) is 0 Å². The molecular formula is C10H20N2O2. The van der Waals surface area contributed by atoms with Gasteiger partial charge in [-0.2, -0.15) is 0 Å². The van der Waals surface area contributed by atoms with Crippen LogP contribution in [0.1, 0.15) is 26.7 Å². The van der Waals surface area contributed by atoms with Crippen molar-refractivity contribution in [3.63, 3.8) is 0 Å². The van der Waals surface area contributed by atoms with Crippen LogP contribution in [-0.2, 0) is 0 Å². The van der Waals surface area contributed by atoms with Gasteiger partial charge in [0.1, 0.15) is 0 Å². The van der Waals surface area contributed by atoms with Gasteiger partial charge in [-0.3, -0.25) is 0 Å². The van der Waals surface area contributed by atoms with Crippen LogP contribution in [-0.4, -0.2) is 41.8 Å². The highest BCUT2D eigenvalue weighted by molar-refractivity contribution is 5.74. The van der Waals surface area contributed by atoms with Crippen LogP contribution in [0.5, 0.6) is 0 Å². The van der Waals surface area contributed by atoms with Crippen LogP contribution in [0.2, 0.25) is 0 Å². The maximum absolute atomic E-state index is 11.4. The lowest BCUT2D eigenvalue weighted by Crippen LogP contribution is -2.44. The normalized spacial score (nSPS) is 18.1. The van der Waals surface area contributed by atoms with E-state index < -0.39 is 0 Å². The Morgan fingerprint density at radius 1 is 1.57 bits per heavy atom. The SMILES string of the molecule is CC(C)NC(=O)N(C)C[C@@H](O)C1CC1. The Balaban J connectivity index is 2.25. The molecule has 0 aromatic heterocycles. The molecule has 1 atom stereocenters. The monoisotopic (exact) mass is 200 g/mol. The second-order valence-electron chi connectivity index (χ2n) is 4.39. The predicted molar refractivity (Wildman–Crippen MR) is 55.0 cm³/mol. The minimum atomic E-state index is -0.349. The molecule has 0 unspecified atom stereocenters. The standard InChI is InChI=1S/C10H20N2O2/c1-7(2)11-10(14)12(3)6-9(13)8-4-5-8/h7-9,13H,4-6H2,1-3H3,(H,11,14)/t9-/m1/s1. The molecule has 1 fully saturated rings. The summed E-state index contributed by atoms with van der Waals surface area (Å²) >= 11 is 0. The molecule has 0 spiro atoms. The van der Waals surface area contributed by atoms with Crippen LogP contribution in [0.4, 0.5) is 4.79 Å². The highest BCUT2D eigenvalue weighted by Gasteiger charge is 2.31. The van der Waals surface area contributed by atoms with Gasteiger partial charge < -0.3 is 15.3 Å². The van der Waals surface area contributed by atoms with Crippen LogP contribution in [0.15, 0.2) is 0 Å². The van der Waals surface area contributed by atoms with E-state index in [1.165, 1.54) is 0 Å². The first-order chi connectivity index (χ1) is 6.50. The number of nitrogens with zero attached hydrogens (tertiary/aromatic N) is 1. The first-order valence-electron chi connectivity index (χ1n) is 5.20. The summed E-state index contributed by atoms with van der Waals surface area (Å²) in [6, 6.07) is 0.0303. The highest BCUT2D eigenvalue weighted by atomic mass is 16.3. The number of hydrogen-bond acceptors (Lipinski definition) is 2. The Labute approximate surface area is 85.3 Å². The van der Waals surface area contributed by atoms with Crippen molar-refractivity contribution >= 4 is 6.03 Å². The molecule has 0 aromatic rings. The fourth-order valence-corrected chi connectivity index (χ4v) is 1.35. The molecule has 82 valence electrons. The fraction of sp³-hybridized carbons (Fsp3) is 0.900. The largest absolute Gasteiger partial charge is 0.391 e.